The Kier molecular flexibility index (Phi) is 15.3. The van der Waals surface area contributed by atoms with Crippen molar-refractivity contribution in [2.75, 3.05) is 6.61 Å². The van der Waals surface area contributed by atoms with Gasteiger partial charge in [-0.3, -0.25) is 0 Å². The Balaban J connectivity index is 1.84. The monoisotopic (exact) mass is 386 g/mol. The lowest BCUT2D eigenvalue weighted by molar-refractivity contribution is 0.0497. The van der Waals surface area contributed by atoms with Gasteiger partial charge in [0.2, 0.25) is 0 Å². The quantitative estimate of drug-likeness (QED) is 0.153. The number of allylic oxidation sites excluding steroid dienone is 2. The van der Waals surface area contributed by atoms with Crippen molar-refractivity contribution >= 4 is 5.97 Å². The molecule has 0 aliphatic carbocycles. The van der Waals surface area contributed by atoms with Crippen LogP contribution in [0.15, 0.2) is 36.4 Å². The Morgan fingerprint density at radius 2 is 1.39 bits per heavy atom. The zero-order valence-electron chi connectivity index (χ0n) is 18.4. The molecular formula is C26H42O2. The first-order valence-corrected chi connectivity index (χ1v) is 11.6. The molecule has 0 aliphatic heterocycles. The summed E-state index contributed by atoms with van der Waals surface area (Å²) >= 11 is 0. The van der Waals surface area contributed by atoms with Crippen molar-refractivity contribution < 1.29 is 9.53 Å². The summed E-state index contributed by atoms with van der Waals surface area (Å²) in [6.07, 6.45) is 22.8. The normalized spacial score (nSPS) is 11.2. The molecule has 28 heavy (non-hydrogen) atoms. The molecule has 2 heteroatoms. The van der Waals surface area contributed by atoms with E-state index in [1.165, 1.54) is 77.0 Å². The standard InChI is InChI=1S/C26H42O2/c1-3-4-5-6-7-8-9-10-11-12-13-14-15-16-17-18-22-28-26(27)25-21-19-20-24(2)23-25/h10-11,19-21,23H,3-9,12-18,22H2,1-2H3/b11-10-. The van der Waals surface area contributed by atoms with Crippen LogP contribution in [0.1, 0.15) is 113 Å². The van der Waals surface area contributed by atoms with Crippen LogP contribution in [0.3, 0.4) is 0 Å². The third-order valence-electron chi connectivity index (χ3n) is 5.14. The number of esters is 1. The van der Waals surface area contributed by atoms with Gasteiger partial charge in [0.15, 0.2) is 0 Å². The largest absolute Gasteiger partial charge is 0.462 e. The van der Waals surface area contributed by atoms with Gasteiger partial charge >= 0.3 is 5.97 Å². The van der Waals surface area contributed by atoms with Crippen molar-refractivity contribution in [3.05, 3.63) is 47.5 Å². The first kappa shape index (κ1) is 24.5. The van der Waals surface area contributed by atoms with Crippen LogP contribution in [-0.4, -0.2) is 12.6 Å². The number of hydrogen-bond donors (Lipinski definition) is 0. The smallest absolute Gasteiger partial charge is 0.338 e. The van der Waals surface area contributed by atoms with Crippen molar-refractivity contribution in [1.29, 1.82) is 0 Å². The summed E-state index contributed by atoms with van der Waals surface area (Å²) in [5.41, 5.74) is 1.75. The molecule has 0 fully saturated rings. The lowest BCUT2D eigenvalue weighted by Crippen LogP contribution is -2.06. The molecule has 0 amide bonds. The summed E-state index contributed by atoms with van der Waals surface area (Å²) in [6.45, 7) is 4.79. The number of carbonyl (C=O) groups excluding carboxylic acids is 1. The minimum Gasteiger partial charge on any atom is -0.462 e. The summed E-state index contributed by atoms with van der Waals surface area (Å²) in [5.74, 6) is -0.198. The van der Waals surface area contributed by atoms with Crippen LogP contribution in [0.25, 0.3) is 0 Å². The van der Waals surface area contributed by atoms with Crippen LogP contribution in [0, 0.1) is 6.92 Å². The number of carbonyl (C=O) groups is 1. The molecular weight excluding hydrogens is 344 g/mol. The molecule has 0 saturated heterocycles. The van der Waals surface area contributed by atoms with Gasteiger partial charge in [0.1, 0.15) is 0 Å². The van der Waals surface area contributed by atoms with Gasteiger partial charge in [0, 0.05) is 0 Å². The predicted octanol–water partition coefficient (Wildman–Crippen LogP) is 8.19. The zero-order valence-corrected chi connectivity index (χ0v) is 18.4. The highest BCUT2D eigenvalue weighted by molar-refractivity contribution is 5.89. The average molecular weight is 387 g/mol. The molecule has 1 aromatic rings. The van der Waals surface area contributed by atoms with Crippen molar-refractivity contribution in [3.63, 3.8) is 0 Å². The average Bonchev–Trinajstić information content (AvgIpc) is 2.70. The molecule has 2 nitrogen and oxygen atoms in total. The zero-order chi connectivity index (χ0) is 20.3. The third-order valence-corrected chi connectivity index (χ3v) is 5.14. The van der Waals surface area contributed by atoms with Gasteiger partial charge in [-0.2, -0.15) is 0 Å². The fourth-order valence-electron chi connectivity index (χ4n) is 3.37. The first-order chi connectivity index (χ1) is 13.7. The Hall–Kier alpha value is -1.57. The van der Waals surface area contributed by atoms with Gasteiger partial charge in [0.25, 0.3) is 0 Å². The lowest BCUT2D eigenvalue weighted by atomic mass is 10.1. The van der Waals surface area contributed by atoms with E-state index in [0.29, 0.717) is 12.2 Å². The summed E-state index contributed by atoms with van der Waals surface area (Å²) in [6, 6.07) is 7.58. The van der Waals surface area contributed by atoms with Gasteiger partial charge in [0.05, 0.1) is 12.2 Å². The highest BCUT2D eigenvalue weighted by Gasteiger charge is 2.06. The fraction of sp³-hybridized carbons (Fsp3) is 0.654. The SMILES string of the molecule is CCCCCCCC/C=C\CCCCCCCCOC(=O)c1cccc(C)c1. The van der Waals surface area contributed by atoms with E-state index in [4.69, 9.17) is 4.74 Å². The van der Waals surface area contributed by atoms with Gasteiger partial charge in [-0.05, 0) is 51.2 Å². The number of hydrogen-bond acceptors (Lipinski definition) is 2. The number of benzene rings is 1. The molecule has 0 aliphatic rings. The van der Waals surface area contributed by atoms with E-state index in [2.05, 4.69) is 19.1 Å². The van der Waals surface area contributed by atoms with Crippen LogP contribution >= 0.6 is 0 Å². The maximum atomic E-state index is 11.9. The highest BCUT2D eigenvalue weighted by Crippen LogP contribution is 2.11. The number of rotatable bonds is 17. The number of ether oxygens (including phenoxy) is 1. The Morgan fingerprint density at radius 1 is 0.821 bits per heavy atom. The molecule has 0 unspecified atom stereocenters. The van der Waals surface area contributed by atoms with Crippen LogP contribution < -0.4 is 0 Å². The van der Waals surface area contributed by atoms with Crippen molar-refractivity contribution in [1.82, 2.24) is 0 Å². The van der Waals surface area contributed by atoms with Gasteiger partial charge in [-0.1, -0.05) is 94.6 Å². The molecule has 0 N–H and O–H groups in total. The second-order valence-electron chi connectivity index (χ2n) is 7.94. The Morgan fingerprint density at radius 3 is 2.00 bits per heavy atom. The molecule has 0 heterocycles. The van der Waals surface area contributed by atoms with E-state index in [1.807, 2.05) is 31.2 Å². The number of aryl methyl sites for hydroxylation is 1. The van der Waals surface area contributed by atoms with Gasteiger partial charge in [-0.25, -0.2) is 4.79 Å². The Bertz CT molecular complexity index is 533. The fourth-order valence-corrected chi connectivity index (χ4v) is 3.37. The molecule has 0 radical (unpaired) electrons. The van der Waals surface area contributed by atoms with E-state index < -0.39 is 0 Å². The second-order valence-corrected chi connectivity index (χ2v) is 7.94. The van der Waals surface area contributed by atoms with E-state index >= 15 is 0 Å². The molecule has 0 spiro atoms. The second kappa shape index (κ2) is 17.5. The Labute approximate surface area is 173 Å². The summed E-state index contributed by atoms with van der Waals surface area (Å²) in [4.78, 5) is 11.9. The summed E-state index contributed by atoms with van der Waals surface area (Å²) in [7, 11) is 0. The minimum atomic E-state index is -0.198. The van der Waals surface area contributed by atoms with Crippen molar-refractivity contribution in [3.8, 4) is 0 Å². The van der Waals surface area contributed by atoms with Crippen LogP contribution in [0.4, 0.5) is 0 Å². The summed E-state index contributed by atoms with van der Waals surface area (Å²) in [5, 5.41) is 0. The van der Waals surface area contributed by atoms with E-state index in [-0.39, 0.29) is 5.97 Å². The third kappa shape index (κ3) is 13.6. The molecule has 1 rings (SSSR count). The van der Waals surface area contributed by atoms with Crippen LogP contribution in [0.2, 0.25) is 0 Å². The molecule has 0 atom stereocenters. The first-order valence-electron chi connectivity index (χ1n) is 11.6. The van der Waals surface area contributed by atoms with E-state index in [0.717, 1.165) is 18.4 Å². The van der Waals surface area contributed by atoms with Gasteiger partial charge < -0.3 is 4.74 Å². The molecule has 0 saturated carbocycles. The highest BCUT2D eigenvalue weighted by atomic mass is 16.5. The summed E-state index contributed by atoms with van der Waals surface area (Å²) < 4.78 is 5.35. The number of unbranched alkanes of at least 4 members (excludes halogenated alkanes) is 12. The molecule has 0 aromatic heterocycles. The van der Waals surface area contributed by atoms with E-state index in [1.54, 1.807) is 0 Å². The molecule has 158 valence electrons. The van der Waals surface area contributed by atoms with Gasteiger partial charge in [-0.15, -0.1) is 0 Å². The lowest BCUT2D eigenvalue weighted by Gasteiger charge is -2.05. The predicted molar refractivity (Wildman–Crippen MR) is 121 cm³/mol. The minimum absolute atomic E-state index is 0.198. The van der Waals surface area contributed by atoms with Crippen molar-refractivity contribution in [2.24, 2.45) is 0 Å². The maximum Gasteiger partial charge on any atom is 0.338 e. The topological polar surface area (TPSA) is 26.3 Å². The maximum absolute atomic E-state index is 11.9. The van der Waals surface area contributed by atoms with Crippen molar-refractivity contribution in [2.45, 2.75) is 104 Å². The molecule has 0 bridgehead atoms. The van der Waals surface area contributed by atoms with E-state index in [9.17, 15) is 4.79 Å². The van der Waals surface area contributed by atoms with Crippen LogP contribution in [0.5, 0.6) is 0 Å². The van der Waals surface area contributed by atoms with Crippen LogP contribution in [-0.2, 0) is 4.74 Å². The molecule has 1 aromatic carbocycles.